The average molecular weight is 281 g/mol. The molecule has 1 heterocycles. The minimum atomic E-state index is -0.432. The van der Waals surface area contributed by atoms with Crippen LogP contribution in [0.4, 0.5) is 0 Å². The molecule has 0 amide bonds. The van der Waals surface area contributed by atoms with Crippen LogP contribution in [0.2, 0.25) is 0 Å². The van der Waals surface area contributed by atoms with E-state index in [1.807, 2.05) is 0 Å². The summed E-state index contributed by atoms with van der Waals surface area (Å²) in [5, 5.41) is 0.464. The third kappa shape index (κ3) is 3.00. The molecule has 19 heavy (non-hydrogen) atoms. The van der Waals surface area contributed by atoms with E-state index in [1.54, 1.807) is 13.3 Å². The molecule has 0 aromatic carbocycles. The van der Waals surface area contributed by atoms with Crippen LogP contribution in [0.5, 0.6) is 0 Å². The van der Waals surface area contributed by atoms with Crippen molar-refractivity contribution in [3.63, 3.8) is 0 Å². The van der Waals surface area contributed by atoms with Crippen molar-refractivity contribution in [3.05, 3.63) is 32.6 Å². The highest BCUT2D eigenvalue weighted by Crippen LogP contribution is 2.23. The molecule has 0 saturated heterocycles. The molecule has 6 heteroatoms. The van der Waals surface area contributed by atoms with Crippen LogP contribution < -0.4 is 11.4 Å². The number of hydrogen-bond donors (Lipinski definition) is 0. The quantitative estimate of drug-likeness (QED) is 0.621. The second-order valence-corrected chi connectivity index (χ2v) is 5.80. The van der Waals surface area contributed by atoms with Gasteiger partial charge in [-0.05, 0) is 38.4 Å². The van der Waals surface area contributed by atoms with E-state index in [4.69, 9.17) is 0 Å². The van der Waals surface area contributed by atoms with Crippen LogP contribution in [-0.2, 0) is 13.6 Å². The lowest BCUT2D eigenvalue weighted by Crippen LogP contribution is -2.43. The first-order valence-corrected chi connectivity index (χ1v) is 7.63. The fourth-order valence-electron chi connectivity index (χ4n) is 2.34. The fourth-order valence-corrected chi connectivity index (χ4v) is 2.87. The van der Waals surface area contributed by atoms with Gasteiger partial charge < -0.3 is 0 Å². The lowest BCUT2D eigenvalue weighted by Gasteiger charge is -2.21. The van der Waals surface area contributed by atoms with Gasteiger partial charge in [-0.2, -0.15) is 4.98 Å². The van der Waals surface area contributed by atoms with E-state index in [0.29, 0.717) is 17.6 Å². The van der Waals surface area contributed by atoms with E-state index in [-0.39, 0.29) is 5.69 Å². The van der Waals surface area contributed by atoms with Crippen LogP contribution >= 0.6 is 11.8 Å². The van der Waals surface area contributed by atoms with Crippen molar-refractivity contribution in [2.24, 2.45) is 13.0 Å². The molecule has 0 aliphatic heterocycles. The number of hydrogen-bond acceptors (Lipinski definition) is 4. The Balaban J connectivity index is 2.29. The maximum absolute atomic E-state index is 12.2. The molecule has 0 N–H and O–H groups in total. The van der Waals surface area contributed by atoms with E-state index < -0.39 is 5.69 Å². The maximum Gasteiger partial charge on any atom is 0.354 e. The smallest absolute Gasteiger partial charge is 0.275 e. The van der Waals surface area contributed by atoms with Crippen molar-refractivity contribution in [2.45, 2.75) is 37.9 Å². The molecule has 0 unspecified atom stereocenters. The van der Waals surface area contributed by atoms with Gasteiger partial charge >= 0.3 is 11.4 Å². The van der Waals surface area contributed by atoms with Gasteiger partial charge in [0.25, 0.3) is 0 Å². The zero-order valence-corrected chi connectivity index (χ0v) is 12.4. The van der Waals surface area contributed by atoms with Gasteiger partial charge in [-0.3, -0.25) is 4.57 Å². The van der Waals surface area contributed by atoms with Gasteiger partial charge in [-0.1, -0.05) is 23.4 Å². The van der Waals surface area contributed by atoms with Crippen LogP contribution in [0, 0.1) is 5.92 Å². The maximum atomic E-state index is 12.2. The highest BCUT2D eigenvalue weighted by atomic mass is 32.2. The Morgan fingerprint density at radius 3 is 2.79 bits per heavy atom. The summed E-state index contributed by atoms with van der Waals surface area (Å²) in [7, 11) is 1.65. The molecule has 0 saturated carbocycles. The highest BCUT2D eigenvalue weighted by Gasteiger charge is 2.17. The van der Waals surface area contributed by atoms with Gasteiger partial charge in [0.1, 0.15) is 0 Å². The summed E-state index contributed by atoms with van der Waals surface area (Å²) in [6.07, 6.45) is 7.03. The van der Waals surface area contributed by atoms with Gasteiger partial charge in [0, 0.05) is 13.6 Å². The van der Waals surface area contributed by atoms with E-state index >= 15 is 0 Å². The van der Waals surface area contributed by atoms with E-state index in [9.17, 15) is 9.59 Å². The second kappa shape index (κ2) is 5.77. The van der Waals surface area contributed by atoms with Crippen molar-refractivity contribution < 1.29 is 0 Å². The van der Waals surface area contributed by atoms with Crippen LogP contribution in [0.25, 0.3) is 0 Å². The lowest BCUT2D eigenvalue weighted by atomic mass is 9.90. The molecular formula is C13H19N3O2S. The first-order valence-electron chi connectivity index (χ1n) is 6.40. The first kappa shape index (κ1) is 14.1. The monoisotopic (exact) mass is 281 g/mol. The van der Waals surface area contributed by atoms with Crippen molar-refractivity contribution in [1.29, 1.82) is 0 Å². The van der Waals surface area contributed by atoms with Crippen molar-refractivity contribution in [2.75, 3.05) is 6.26 Å². The highest BCUT2D eigenvalue weighted by molar-refractivity contribution is 7.98. The summed E-state index contributed by atoms with van der Waals surface area (Å²) in [5.41, 5.74) is 0.696. The molecule has 1 aromatic rings. The Bertz CT molecular complexity index is 615. The molecule has 1 aliphatic rings. The summed E-state index contributed by atoms with van der Waals surface area (Å²) < 4.78 is 2.70. The zero-order valence-electron chi connectivity index (χ0n) is 11.5. The van der Waals surface area contributed by atoms with Gasteiger partial charge in [-0.15, -0.1) is 0 Å². The third-order valence-corrected chi connectivity index (χ3v) is 4.33. The lowest BCUT2D eigenvalue weighted by molar-refractivity contribution is 0.373. The second-order valence-electron chi connectivity index (χ2n) is 5.02. The zero-order chi connectivity index (χ0) is 14.0. The van der Waals surface area contributed by atoms with E-state index in [2.05, 4.69) is 18.0 Å². The molecule has 1 aliphatic carbocycles. The van der Waals surface area contributed by atoms with Crippen molar-refractivity contribution in [3.8, 4) is 0 Å². The number of aromatic nitrogens is 3. The molecular weight excluding hydrogens is 262 g/mol. The Kier molecular flexibility index (Phi) is 4.29. The molecule has 0 fully saturated rings. The third-order valence-electron chi connectivity index (χ3n) is 3.60. The molecule has 5 nitrogen and oxygen atoms in total. The minimum Gasteiger partial charge on any atom is -0.275 e. The Labute approximate surface area is 116 Å². The topological polar surface area (TPSA) is 56.9 Å². The Morgan fingerprint density at radius 1 is 1.47 bits per heavy atom. The van der Waals surface area contributed by atoms with Gasteiger partial charge in [0.15, 0.2) is 5.16 Å². The van der Waals surface area contributed by atoms with E-state index in [1.165, 1.54) is 26.5 Å². The number of allylic oxidation sites excluding steroid dienone is 2. The first-order chi connectivity index (χ1) is 9.02. The number of thioether (sulfide) groups is 1. The van der Waals surface area contributed by atoms with Crippen LogP contribution in [0.1, 0.15) is 26.2 Å². The number of nitrogens with zero attached hydrogens (tertiary/aromatic N) is 3. The van der Waals surface area contributed by atoms with Crippen molar-refractivity contribution >= 4 is 11.8 Å². The summed E-state index contributed by atoms with van der Waals surface area (Å²) >= 11 is 1.31. The molecule has 1 atom stereocenters. The summed E-state index contributed by atoms with van der Waals surface area (Å²) in [5.74, 6) is 0.357. The van der Waals surface area contributed by atoms with Crippen LogP contribution in [0.3, 0.4) is 0 Å². The predicted octanol–water partition coefficient (Wildman–Crippen LogP) is 1.41. The molecule has 1 aromatic heterocycles. The molecule has 0 spiro atoms. The average Bonchev–Trinajstić information content (AvgIpc) is 2.41. The SMILES string of the molecule is CSc1nc(=O)n(C[C@H]2CC=C(C)CC2)c(=O)n1C. The van der Waals surface area contributed by atoms with Gasteiger partial charge in [-0.25, -0.2) is 14.2 Å². The summed E-state index contributed by atoms with van der Waals surface area (Å²) in [6, 6.07) is 0. The molecule has 0 radical (unpaired) electrons. The van der Waals surface area contributed by atoms with Crippen LogP contribution in [0.15, 0.2) is 26.4 Å². The molecule has 104 valence electrons. The van der Waals surface area contributed by atoms with Gasteiger partial charge in [0.05, 0.1) is 0 Å². The fraction of sp³-hybridized carbons (Fsp3) is 0.615. The number of rotatable bonds is 3. The van der Waals surface area contributed by atoms with Crippen LogP contribution in [-0.4, -0.2) is 20.4 Å². The normalized spacial score (nSPS) is 19.3. The standard InChI is InChI=1S/C13H19N3O2S/c1-9-4-6-10(7-5-9)8-16-11(17)14-12(19-3)15(2)13(16)18/h4,10H,5-8H2,1-3H3/t10-/m0/s1. The van der Waals surface area contributed by atoms with E-state index in [0.717, 1.165) is 19.3 Å². The minimum absolute atomic E-state index is 0.268. The Hall–Kier alpha value is -1.30. The Morgan fingerprint density at radius 2 is 2.21 bits per heavy atom. The van der Waals surface area contributed by atoms with Gasteiger partial charge in [0.2, 0.25) is 0 Å². The molecule has 0 bridgehead atoms. The summed E-state index contributed by atoms with van der Waals surface area (Å²) in [4.78, 5) is 28.0. The largest absolute Gasteiger partial charge is 0.354 e. The molecule has 2 rings (SSSR count). The predicted molar refractivity (Wildman–Crippen MR) is 76.6 cm³/mol. The summed E-state index contributed by atoms with van der Waals surface area (Å²) in [6.45, 7) is 2.59. The van der Waals surface area contributed by atoms with Crippen molar-refractivity contribution in [1.82, 2.24) is 14.1 Å².